The fourth-order valence-electron chi connectivity index (χ4n) is 2.10. The molecule has 1 saturated heterocycles. The Kier molecular flexibility index (Phi) is 3.65. The van der Waals surface area contributed by atoms with Gasteiger partial charge in [0, 0.05) is 6.54 Å². The number of carbonyl (C=O) groups is 1. The topological polar surface area (TPSA) is 51.0 Å². The zero-order chi connectivity index (χ0) is 13.2. The van der Waals surface area contributed by atoms with Crippen LogP contribution in [0.4, 0.5) is 13.2 Å². The number of alkyl halides is 3. The van der Waals surface area contributed by atoms with E-state index < -0.39 is 17.6 Å². The summed E-state index contributed by atoms with van der Waals surface area (Å²) >= 11 is 0. The molecule has 0 aromatic carbocycles. The lowest BCUT2D eigenvalue weighted by Gasteiger charge is -2.15. The van der Waals surface area contributed by atoms with E-state index >= 15 is 0 Å². The second-order valence-corrected chi connectivity index (χ2v) is 4.21. The van der Waals surface area contributed by atoms with Gasteiger partial charge < -0.3 is 4.90 Å². The van der Waals surface area contributed by atoms with Crippen LogP contribution in [0.15, 0.2) is 0 Å². The molecule has 1 aliphatic heterocycles. The van der Waals surface area contributed by atoms with E-state index in [1.807, 2.05) is 0 Å². The van der Waals surface area contributed by atoms with E-state index in [1.165, 1.54) is 0 Å². The molecule has 18 heavy (non-hydrogen) atoms. The monoisotopic (exact) mass is 262 g/mol. The molecule has 0 spiro atoms. The molecule has 5 nitrogen and oxygen atoms in total. The second-order valence-electron chi connectivity index (χ2n) is 4.21. The Morgan fingerprint density at radius 3 is 2.44 bits per heavy atom. The van der Waals surface area contributed by atoms with E-state index in [9.17, 15) is 18.0 Å². The number of likely N-dealkylation sites (tertiary alicyclic amines) is 1. The smallest absolute Gasteiger partial charge is 0.301 e. The van der Waals surface area contributed by atoms with Crippen molar-refractivity contribution >= 4 is 6.29 Å². The van der Waals surface area contributed by atoms with Crippen LogP contribution < -0.4 is 0 Å². The first-order valence-electron chi connectivity index (χ1n) is 5.70. The summed E-state index contributed by atoms with van der Waals surface area (Å²) in [4.78, 5) is 12.6. The van der Waals surface area contributed by atoms with Gasteiger partial charge in [-0.3, -0.25) is 4.79 Å². The predicted molar refractivity (Wildman–Crippen MR) is 56.1 cm³/mol. The highest BCUT2D eigenvalue weighted by Crippen LogP contribution is 2.30. The number of rotatable bonds is 4. The van der Waals surface area contributed by atoms with Crippen LogP contribution in [-0.2, 0) is 12.7 Å². The van der Waals surface area contributed by atoms with Crippen molar-refractivity contribution in [2.75, 3.05) is 19.6 Å². The number of nitrogens with zero attached hydrogens (tertiary/aromatic N) is 4. The lowest BCUT2D eigenvalue weighted by molar-refractivity contribution is -0.144. The molecule has 0 radical (unpaired) electrons. The Morgan fingerprint density at radius 1 is 1.22 bits per heavy atom. The molecule has 0 unspecified atom stereocenters. The number of carbonyl (C=O) groups excluding carboxylic acids is 1. The lowest BCUT2D eigenvalue weighted by Crippen LogP contribution is -2.26. The average molecular weight is 262 g/mol. The van der Waals surface area contributed by atoms with Gasteiger partial charge in [-0.15, -0.1) is 5.10 Å². The first kappa shape index (κ1) is 13.0. The molecule has 0 aliphatic carbocycles. The van der Waals surface area contributed by atoms with Crippen LogP contribution in [-0.4, -0.2) is 45.8 Å². The van der Waals surface area contributed by atoms with Gasteiger partial charge in [0.05, 0.1) is 6.54 Å². The van der Waals surface area contributed by atoms with Crippen molar-refractivity contribution in [2.45, 2.75) is 25.6 Å². The van der Waals surface area contributed by atoms with Crippen LogP contribution in [0.2, 0.25) is 0 Å². The zero-order valence-corrected chi connectivity index (χ0v) is 9.65. The van der Waals surface area contributed by atoms with E-state index in [-0.39, 0.29) is 12.8 Å². The first-order valence-corrected chi connectivity index (χ1v) is 5.70. The van der Waals surface area contributed by atoms with Gasteiger partial charge in [-0.25, -0.2) is 4.68 Å². The Morgan fingerprint density at radius 2 is 1.89 bits per heavy atom. The molecule has 0 atom stereocenters. The molecule has 2 rings (SSSR count). The van der Waals surface area contributed by atoms with E-state index in [2.05, 4.69) is 15.2 Å². The summed E-state index contributed by atoms with van der Waals surface area (Å²) in [5.41, 5.74) is -1.71. The molecule has 1 aromatic rings. The van der Waals surface area contributed by atoms with Gasteiger partial charge in [0.1, 0.15) is 0 Å². The van der Waals surface area contributed by atoms with E-state index in [4.69, 9.17) is 0 Å². The molecule has 0 saturated carbocycles. The molecule has 1 aromatic heterocycles. The predicted octanol–water partition coefficient (Wildman–Crippen LogP) is 1.21. The molecule has 8 heteroatoms. The van der Waals surface area contributed by atoms with Crippen LogP contribution in [0.3, 0.4) is 0 Å². The van der Waals surface area contributed by atoms with Crippen molar-refractivity contribution in [1.29, 1.82) is 0 Å². The van der Waals surface area contributed by atoms with Gasteiger partial charge in [0.25, 0.3) is 0 Å². The molecule has 0 bridgehead atoms. The number of hydrogen-bond donors (Lipinski definition) is 0. The summed E-state index contributed by atoms with van der Waals surface area (Å²) in [6.07, 6.45) is -2.38. The van der Waals surface area contributed by atoms with Crippen molar-refractivity contribution in [1.82, 2.24) is 19.9 Å². The standard InChI is InChI=1S/C10H13F3N4O/c11-10(12,13)9-8(7-18)14-15-17(9)6-5-16-3-1-2-4-16/h7H,1-6H2. The minimum Gasteiger partial charge on any atom is -0.301 e. The highest BCUT2D eigenvalue weighted by atomic mass is 19.4. The Hall–Kier alpha value is -1.44. The van der Waals surface area contributed by atoms with Crippen LogP contribution in [0.1, 0.15) is 29.0 Å². The summed E-state index contributed by atoms with van der Waals surface area (Å²) < 4.78 is 39.0. The number of aromatic nitrogens is 3. The fourth-order valence-corrected chi connectivity index (χ4v) is 2.10. The molecular formula is C10H13F3N4O. The Labute approximate surface area is 102 Å². The number of aldehydes is 1. The van der Waals surface area contributed by atoms with Gasteiger partial charge >= 0.3 is 6.18 Å². The van der Waals surface area contributed by atoms with Crippen molar-refractivity contribution < 1.29 is 18.0 Å². The largest absolute Gasteiger partial charge is 0.435 e. The summed E-state index contributed by atoms with van der Waals surface area (Å²) in [7, 11) is 0. The van der Waals surface area contributed by atoms with Crippen molar-refractivity contribution in [2.24, 2.45) is 0 Å². The zero-order valence-electron chi connectivity index (χ0n) is 9.65. The van der Waals surface area contributed by atoms with Gasteiger partial charge in [0.15, 0.2) is 17.7 Å². The molecule has 0 N–H and O–H groups in total. The first-order chi connectivity index (χ1) is 8.52. The SMILES string of the molecule is O=Cc1nnn(CCN2CCCC2)c1C(F)(F)F. The van der Waals surface area contributed by atoms with Gasteiger partial charge in [0.2, 0.25) is 0 Å². The van der Waals surface area contributed by atoms with Crippen molar-refractivity contribution in [3.63, 3.8) is 0 Å². The maximum absolute atomic E-state index is 12.8. The maximum Gasteiger partial charge on any atom is 0.435 e. The average Bonchev–Trinajstić information content (AvgIpc) is 2.94. The Balaban J connectivity index is 2.12. The number of hydrogen-bond acceptors (Lipinski definition) is 4. The van der Waals surface area contributed by atoms with Crippen LogP contribution in [0, 0.1) is 0 Å². The van der Waals surface area contributed by atoms with Gasteiger partial charge in [-0.1, -0.05) is 5.21 Å². The lowest BCUT2D eigenvalue weighted by atomic mass is 10.3. The third-order valence-corrected chi connectivity index (χ3v) is 2.97. The fraction of sp³-hybridized carbons (Fsp3) is 0.700. The molecule has 1 aliphatic rings. The highest BCUT2D eigenvalue weighted by molar-refractivity contribution is 5.73. The van der Waals surface area contributed by atoms with Crippen molar-refractivity contribution in [3.05, 3.63) is 11.4 Å². The third kappa shape index (κ3) is 2.69. The maximum atomic E-state index is 12.8. The normalized spacial score (nSPS) is 17.3. The molecule has 0 amide bonds. The quantitative estimate of drug-likeness (QED) is 0.765. The third-order valence-electron chi connectivity index (χ3n) is 2.97. The van der Waals surface area contributed by atoms with Crippen LogP contribution in [0.25, 0.3) is 0 Å². The Bertz CT molecular complexity index is 423. The molecule has 100 valence electrons. The van der Waals surface area contributed by atoms with E-state index in [0.717, 1.165) is 30.6 Å². The number of halogens is 3. The highest BCUT2D eigenvalue weighted by Gasteiger charge is 2.39. The molecule has 1 fully saturated rings. The van der Waals surface area contributed by atoms with Gasteiger partial charge in [-0.2, -0.15) is 13.2 Å². The molecular weight excluding hydrogens is 249 g/mol. The van der Waals surface area contributed by atoms with E-state index in [1.54, 1.807) is 0 Å². The molecule has 2 heterocycles. The summed E-state index contributed by atoms with van der Waals surface area (Å²) in [6, 6.07) is 0. The van der Waals surface area contributed by atoms with Crippen LogP contribution in [0.5, 0.6) is 0 Å². The van der Waals surface area contributed by atoms with Crippen LogP contribution >= 0.6 is 0 Å². The van der Waals surface area contributed by atoms with E-state index in [0.29, 0.717) is 6.54 Å². The summed E-state index contributed by atoms with van der Waals surface area (Å²) in [6.45, 7) is 2.38. The summed E-state index contributed by atoms with van der Waals surface area (Å²) in [5, 5.41) is 6.66. The van der Waals surface area contributed by atoms with Gasteiger partial charge in [-0.05, 0) is 25.9 Å². The minimum absolute atomic E-state index is 0.0855. The minimum atomic E-state index is -4.61. The summed E-state index contributed by atoms with van der Waals surface area (Å²) in [5.74, 6) is 0. The van der Waals surface area contributed by atoms with Crippen molar-refractivity contribution in [3.8, 4) is 0 Å². The second kappa shape index (κ2) is 5.05.